The third kappa shape index (κ3) is 3.25. The van der Waals surface area contributed by atoms with Crippen molar-refractivity contribution >= 4 is 27.3 Å². The van der Waals surface area contributed by atoms with E-state index < -0.39 is 10.0 Å². The van der Waals surface area contributed by atoms with Crippen LogP contribution in [-0.4, -0.2) is 23.2 Å². The number of hydrogen-bond acceptors (Lipinski definition) is 4. The second-order valence-corrected chi connectivity index (χ2v) is 8.00. The highest BCUT2D eigenvalue weighted by atomic mass is 35.5. The van der Waals surface area contributed by atoms with Crippen molar-refractivity contribution in [2.45, 2.75) is 24.2 Å². The number of pyridine rings is 1. The van der Waals surface area contributed by atoms with Gasteiger partial charge >= 0.3 is 0 Å². The van der Waals surface area contributed by atoms with E-state index in [9.17, 15) is 8.42 Å². The number of fused-ring (bicyclic) bond motifs is 1. The van der Waals surface area contributed by atoms with Crippen LogP contribution in [0.15, 0.2) is 53.8 Å². The quantitative estimate of drug-likeness (QED) is 0.760. The van der Waals surface area contributed by atoms with Gasteiger partial charge in [0.25, 0.3) is 10.0 Å². The second kappa shape index (κ2) is 6.16. The molecule has 2 heterocycles. The Kier molecular flexibility index (Phi) is 3.97. The first kappa shape index (κ1) is 16.1. The Morgan fingerprint density at radius 3 is 2.72 bits per heavy atom. The minimum Gasteiger partial charge on any atom is -0.278 e. The highest BCUT2D eigenvalue weighted by Gasteiger charge is 2.19. The lowest BCUT2D eigenvalue weighted by molar-refractivity contribution is 0.601. The van der Waals surface area contributed by atoms with Crippen LogP contribution >= 0.6 is 11.6 Å². The van der Waals surface area contributed by atoms with E-state index in [2.05, 4.69) is 14.8 Å². The molecule has 0 bridgehead atoms. The summed E-state index contributed by atoms with van der Waals surface area (Å²) in [6.07, 6.45) is 7.30. The van der Waals surface area contributed by atoms with Crippen LogP contribution in [0.2, 0.25) is 5.02 Å². The summed E-state index contributed by atoms with van der Waals surface area (Å²) in [7, 11) is -3.73. The van der Waals surface area contributed by atoms with Gasteiger partial charge in [-0.15, -0.1) is 0 Å². The molecule has 8 heteroatoms. The maximum absolute atomic E-state index is 12.6. The molecule has 0 unspecified atom stereocenters. The lowest BCUT2D eigenvalue weighted by atomic mass is 10.2. The maximum atomic E-state index is 12.6. The molecule has 0 saturated heterocycles. The minimum atomic E-state index is -3.73. The predicted molar refractivity (Wildman–Crippen MR) is 95.6 cm³/mol. The Morgan fingerprint density at radius 1 is 1.12 bits per heavy atom. The minimum absolute atomic E-state index is 0.0861. The number of nitrogens with zero attached hydrogens (tertiary/aromatic N) is 3. The van der Waals surface area contributed by atoms with E-state index >= 15 is 0 Å². The van der Waals surface area contributed by atoms with Crippen LogP contribution in [0.1, 0.15) is 17.7 Å². The van der Waals surface area contributed by atoms with Crippen LogP contribution in [0, 0.1) is 0 Å². The monoisotopic (exact) mass is 374 g/mol. The van der Waals surface area contributed by atoms with E-state index in [-0.39, 0.29) is 4.90 Å². The van der Waals surface area contributed by atoms with Gasteiger partial charge in [-0.05, 0) is 55.2 Å². The molecule has 0 atom stereocenters. The van der Waals surface area contributed by atoms with E-state index in [1.165, 1.54) is 17.1 Å². The van der Waals surface area contributed by atoms with Crippen LogP contribution in [0.3, 0.4) is 0 Å². The summed E-state index contributed by atoms with van der Waals surface area (Å²) in [6.45, 7) is 0. The largest absolute Gasteiger partial charge is 0.278 e. The zero-order chi connectivity index (χ0) is 17.4. The van der Waals surface area contributed by atoms with Crippen LogP contribution in [-0.2, 0) is 22.9 Å². The van der Waals surface area contributed by atoms with Crippen molar-refractivity contribution < 1.29 is 8.42 Å². The summed E-state index contributed by atoms with van der Waals surface area (Å²) in [6, 6.07) is 8.84. The molecule has 1 aliphatic rings. The molecule has 6 nitrogen and oxygen atoms in total. The molecular weight excluding hydrogens is 360 g/mol. The topological polar surface area (TPSA) is 76.9 Å². The number of aryl methyl sites for hydroxylation is 2. The lowest BCUT2D eigenvalue weighted by Crippen LogP contribution is -2.13. The Hall–Kier alpha value is -2.38. The molecule has 128 valence electrons. The summed E-state index contributed by atoms with van der Waals surface area (Å²) in [5, 5.41) is 4.73. The van der Waals surface area contributed by atoms with Gasteiger partial charge in [-0.25, -0.2) is 13.1 Å². The second-order valence-electron chi connectivity index (χ2n) is 5.89. The number of nitrogens with one attached hydrogen (secondary N) is 1. The van der Waals surface area contributed by atoms with Gasteiger partial charge in [0.1, 0.15) is 4.90 Å². The van der Waals surface area contributed by atoms with Crippen LogP contribution in [0.4, 0.5) is 5.69 Å². The van der Waals surface area contributed by atoms with Gasteiger partial charge < -0.3 is 0 Å². The molecule has 0 saturated carbocycles. The van der Waals surface area contributed by atoms with Crippen LogP contribution < -0.4 is 4.72 Å². The summed E-state index contributed by atoms with van der Waals surface area (Å²) >= 11 is 5.87. The van der Waals surface area contributed by atoms with Gasteiger partial charge in [0.15, 0.2) is 0 Å². The number of benzene rings is 1. The molecule has 0 amide bonds. The average molecular weight is 375 g/mol. The third-order valence-electron chi connectivity index (χ3n) is 4.13. The molecule has 0 radical (unpaired) electrons. The molecule has 0 aliphatic heterocycles. The van der Waals surface area contributed by atoms with Crippen LogP contribution in [0.5, 0.6) is 0 Å². The number of aromatic nitrogens is 3. The van der Waals surface area contributed by atoms with E-state index in [0.29, 0.717) is 10.7 Å². The fourth-order valence-corrected chi connectivity index (χ4v) is 3.97. The Labute approximate surface area is 150 Å². The normalized spacial score (nSPS) is 13.6. The Bertz CT molecular complexity index is 1030. The van der Waals surface area contributed by atoms with Crippen molar-refractivity contribution in [3.05, 3.63) is 65.2 Å². The molecule has 1 aromatic carbocycles. The molecular formula is C17H15ClN4O2S. The number of hydrogen-bond donors (Lipinski definition) is 1. The van der Waals surface area contributed by atoms with Crippen molar-refractivity contribution in [3.63, 3.8) is 0 Å². The Balaban J connectivity index is 1.59. The standard InChI is InChI=1S/C17H15ClN4O2S/c18-13-4-6-15(7-5-13)22-11-16(10-20-22)25(23,24)21-14-8-12-2-1-3-17(12)19-9-14/h4-11,21H,1-3H2. The van der Waals surface area contributed by atoms with Crippen molar-refractivity contribution in [1.29, 1.82) is 0 Å². The summed E-state index contributed by atoms with van der Waals surface area (Å²) in [5.41, 5.74) is 3.36. The molecule has 0 fully saturated rings. The number of anilines is 1. The smallest absolute Gasteiger partial charge is 0.265 e. The molecule has 1 N–H and O–H groups in total. The Morgan fingerprint density at radius 2 is 1.92 bits per heavy atom. The first-order chi connectivity index (χ1) is 12.0. The number of rotatable bonds is 4. The molecule has 4 rings (SSSR count). The third-order valence-corrected chi connectivity index (χ3v) is 5.72. The van der Waals surface area contributed by atoms with Crippen LogP contribution in [0.25, 0.3) is 5.69 Å². The first-order valence-electron chi connectivity index (χ1n) is 7.82. The van der Waals surface area contributed by atoms with Gasteiger partial charge in [-0.2, -0.15) is 5.10 Å². The van der Waals surface area contributed by atoms with Crippen molar-refractivity contribution in [2.24, 2.45) is 0 Å². The number of sulfonamides is 1. The SMILES string of the molecule is O=S(=O)(Nc1cnc2c(c1)CCC2)c1cnn(-c2ccc(Cl)cc2)c1. The highest BCUT2D eigenvalue weighted by molar-refractivity contribution is 7.92. The molecule has 2 aromatic heterocycles. The molecule has 25 heavy (non-hydrogen) atoms. The van der Waals surface area contributed by atoms with Crippen molar-refractivity contribution in [3.8, 4) is 5.69 Å². The van der Waals surface area contributed by atoms with Gasteiger partial charge in [0.2, 0.25) is 0 Å². The first-order valence-corrected chi connectivity index (χ1v) is 9.69. The summed E-state index contributed by atoms with van der Waals surface area (Å²) in [4.78, 5) is 4.42. The summed E-state index contributed by atoms with van der Waals surface area (Å²) < 4.78 is 29.2. The molecule has 3 aromatic rings. The fraction of sp³-hybridized carbons (Fsp3) is 0.176. The maximum Gasteiger partial charge on any atom is 0.265 e. The molecule has 0 spiro atoms. The summed E-state index contributed by atoms with van der Waals surface area (Å²) in [5.74, 6) is 0. The zero-order valence-electron chi connectivity index (χ0n) is 13.2. The molecule has 1 aliphatic carbocycles. The van der Waals surface area contributed by atoms with E-state index in [1.54, 1.807) is 30.5 Å². The van der Waals surface area contributed by atoms with Gasteiger partial charge in [-0.3, -0.25) is 9.71 Å². The zero-order valence-corrected chi connectivity index (χ0v) is 14.8. The lowest BCUT2D eigenvalue weighted by Gasteiger charge is -2.07. The van der Waals surface area contributed by atoms with Crippen molar-refractivity contribution in [1.82, 2.24) is 14.8 Å². The number of halogens is 1. The van der Waals surface area contributed by atoms with E-state index in [4.69, 9.17) is 11.6 Å². The van der Waals surface area contributed by atoms with E-state index in [0.717, 1.165) is 36.2 Å². The van der Waals surface area contributed by atoms with E-state index in [1.807, 2.05) is 6.07 Å². The van der Waals surface area contributed by atoms with Gasteiger partial charge in [-0.1, -0.05) is 11.6 Å². The van der Waals surface area contributed by atoms with Gasteiger partial charge in [0, 0.05) is 10.7 Å². The van der Waals surface area contributed by atoms with Gasteiger partial charge in [0.05, 0.1) is 30.0 Å². The fourth-order valence-electron chi connectivity index (χ4n) is 2.88. The van der Waals surface area contributed by atoms with Crippen molar-refractivity contribution in [2.75, 3.05) is 4.72 Å². The average Bonchev–Trinajstić information content (AvgIpc) is 3.24. The predicted octanol–water partition coefficient (Wildman–Crippen LogP) is 3.21. The highest BCUT2D eigenvalue weighted by Crippen LogP contribution is 2.24.